The van der Waals surface area contributed by atoms with Crippen LogP contribution in [0.4, 0.5) is 0 Å². The highest BCUT2D eigenvalue weighted by Gasteiger charge is 2.18. The van der Waals surface area contributed by atoms with E-state index in [0.717, 1.165) is 32.2 Å². The Kier molecular flexibility index (Phi) is 39.0. The molecule has 0 radical (unpaired) electrons. The molecule has 5 N–H and O–H groups in total. The van der Waals surface area contributed by atoms with E-state index in [4.69, 9.17) is 16.2 Å². The van der Waals surface area contributed by atoms with Gasteiger partial charge in [-0.1, -0.05) is 206 Å². The first-order chi connectivity index (χ1) is 23.6. The molecule has 1 atom stereocenters. The number of esters is 1. The highest BCUT2D eigenvalue weighted by Crippen LogP contribution is 2.15. The Hall–Kier alpha value is -1.30. The SMILES string of the molecule is CCCCCCCCCCCCCCCCCCN[C@@H](CCCN=C(N)N)C(=O)OCCCCCCCCCCCCCCCCCC. The number of guanidine groups is 1. The fourth-order valence-corrected chi connectivity index (χ4v) is 6.68. The summed E-state index contributed by atoms with van der Waals surface area (Å²) in [6, 6.07) is -0.267. The fourth-order valence-electron chi connectivity index (χ4n) is 6.68. The van der Waals surface area contributed by atoms with Crippen molar-refractivity contribution in [2.45, 2.75) is 238 Å². The highest BCUT2D eigenvalue weighted by atomic mass is 16.5. The van der Waals surface area contributed by atoms with Crippen molar-refractivity contribution in [2.24, 2.45) is 16.5 Å². The van der Waals surface area contributed by atoms with Crippen LogP contribution in [0.1, 0.15) is 232 Å². The van der Waals surface area contributed by atoms with E-state index in [2.05, 4.69) is 24.2 Å². The number of hydrogen-bond donors (Lipinski definition) is 3. The van der Waals surface area contributed by atoms with Gasteiger partial charge >= 0.3 is 5.97 Å². The molecule has 0 saturated carbocycles. The molecule has 0 aromatic rings. The number of rotatable bonds is 40. The number of carbonyl (C=O) groups is 1. The van der Waals surface area contributed by atoms with Gasteiger partial charge in [-0.05, 0) is 32.2 Å². The second-order valence-electron chi connectivity index (χ2n) is 14.7. The molecule has 6 heteroatoms. The third kappa shape index (κ3) is 37.5. The van der Waals surface area contributed by atoms with Gasteiger partial charge in [-0.3, -0.25) is 9.79 Å². The lowest BCUT2D eigenvalue weighted by molar-refractivity contribution is -0.146. The van der Waals surface area contributed by atoms with Crippen molar-refractivity contribution < 1.29 is 9.53 Å². The van der Waals surface area contributed by atoms with E-state index in [9.17, 15) is 4.79 Å². The number of nitrogens with two attached hydrogens (primary N) is 2. The molecular formula is C42H86N4O2. The molecule has 48 heavy (non-hydrogen) atoms. The lowest BCUT2D eigenvalue weighted by Gasteiger charge is -2.17. The molecule has 0 saturated heterocycles. The summed E-state index contributed by atoms with van der Waals surface area (Å²) in [7, 11) is 0. The summed E-state index contributed by atoms with van der Waals surface area (Å²) in [5, 5.41) is 3.48. The van der Waals surface area contributed by atoms with Gasteiger partial charge in [0.25, 0.3) is 0 Å². The number of carbonyl (C=O) groups excluding carboxylic acids is 1. The van der Waals surface area contributed by atoms with Gasteiger partial charge in [-0.15, -0.1) is 0 Å². The topological polar surface area (TPSA) is 103 Å². The van der Waals surface area contributed by atoms with Crippen LogP contribution in [0, 0.1) is 0 Å². The minimum atomic E-state index is -0.267. The number of aliphatic imine (C=N–C) groups is 1. The summed E-state index contributed by atoms with van der Waals surface area (Å²) in [5.74, 6) is -0.00379. The second-order valence-corrected chi connectivity index (χ2v) is 14.7. The molecule has 0 aliphatic rings. The van der Waals surface area contributed by atoms with Gasteiger partial charge in [0.1, 0.15) is 6.04 Å². The Bertz CT molecular complexity index is 668. The zero-order valence-corrected chi connectivity index (χ0v) is 32.7. The van der Waals surface area contributed by atoms with E-state index in [1.165, 1.54) is 186 Å². The van der Waals surface area contributed by atoms with Crippen molar-refractivity contribution in [1.29, 1.82) is 0 Å². The van der Waals surface area contributed by atoms with Crippen molar-refractivity contribution in [1.82, 2.24) is 5.32 Å². The first-order valence-corrected chi connectivity index (χ1v) is 21.6. The third-order valence-corrected chi connectivity index (χ3v) is 9.89. The average molecular weight is 679 g/mol. The summed E-state index contributed by atoms with van der Waals surface area (Å²) in [4.78, 5) is 16.9. The lowest BCUT2D eigenvalue weighted by atomic mass is 10.0. The minimum Gasteiger partial charge on any atom is -0.465 e. The molecule has 0 fully saturated rings. The minimum absolute atomic E-state index is 0.110. The lowest BCUT2D eigenvalue weighted by Crippen LogP contribution is -2.39. The molecule has 0 unspecified atom stereocenters. The molecular weight excluding hydrogens is 592 g/mol. The van der Waals surface area contributed by atoms with Gasteiger partial charge in [-0.25, -0.2) is 0 Å². The van der Waals surface area contributed by atoms with E-state index in [0.29, 0.717) is 19.6 Å². The van der Waals surface area contributed by atoms with Gasteiger partial charge in [0, 0.05) is 6.54 Å². The van der Waals surface area contributed by atoms with E-state index in [1.807, 2.05) is 0 Å². The zero-order chi connectivity index (χ0) is 35.0. The Labute approximate surface area is 300 Å². The Morgan fingerprint density at radius 1 is 0.500 bits per heavy atom. The molecule has 0 spiro atoms. The van der Waals surface area contributed by atoms with Crippen LogP contribution in [-0.4, -0.2) is 37.7 Å². The molecule has 286 valence electrons. The predicted molar refractivity (Wildman–Crippen MR) is 212 cm³/mol. The van der Waals surface area contributed by atoms with Crippen LogP contribution in [0.2, 0.25) is 0 Å². The van der Waals surface area contributed by atoms with Crippen LogP contribution in [0.15, 0.2) is 4.99 Å². The zero-order valence-electron chi connectivity index (χ0n) is 32.7. The number of nitrogens with zero attached hydrogens (tertiary/aromatic N) is 1. The van der Waals surface area contributed by atoms with E-state index >= 15 is 0 Å². The van der Waals surface area contributed by atoms with Crippen molar-refractivity contribution in [2.75, 3.05) is 19.7 Å². The Morgan fingerprint density at radius 3 is 1.19 bits per heavy atom. The fraction of sp³-hybridized carbons (Fsp3) is 0.952. The van der Waals surface area contributed by atoms with E-state index < -0.39 is 0 Å². The largest absolute Gasteiger partial charge is 0.465 e. The molecule has 6 nitrogen and oxygen atoms in total. The Morgan fingerprint density at radius 2 is 0.833 bits per heavy atom. The molecule has 0 aromatic heterocycles. The number of nitrogens with one attached hydrogen (secondary N) is 1. The summed E-state index contributed by atoms with van der Waals surface area (Å²) >= 11 is 0. The van der Waals surface area contributed by atoms with Gasteiger partial charge in [-0.2, -0.15) is 0 Å². The maximum Gasteiger partial charge on any atom is 0.323 e. The summed E-state index contributed by atoms with van der Waals surface area (Å²) in [5.41, 5.74) is 10.9. The van der Waals surface area contributed by atoms with Crippen LogP contribution in [0.25, 0.3) is 0 Å². The molecule has 0 bridgehead atoms. The first kappa shape index (κ1) is 46.7. The summed E-state index contributed by atoms with van der Waals surface area (Å²) < 4.78 is 5.70. The maximum atomic E-state index is 12.9. The monoisotopic (exact) mass is 679 g/mol. The average Bonchev–Trinajstić information content (AvgIpc) is 3.08. The van der Waals surface area contributed by atoms with Crippen LogP contribution < -0.4 is 16.8 Å². The van der Waals surface area contributed by atoms with Crippen molar-refractivity contribution in [3.63, 3.8) is 0 Å². The predicted octanol–water partition coefficient (Wildman–Crippen LogP) is 12.1. The number of ether oxygens (including phenoxy) is 1. The van der Waals surface area contributed by atoms with Gasteiger partial charge < -0.3 is 21.5 Å². The highest BCUT2D eigenvalue weighted by molar-refractivity contribution is 5.76. The molecule has 0 aliphatic carbocycles. The van der Waals surface area contributed by atoms with Crippen molar-refractivity contribution >= 4 is 11.9 Å². The standard InChI is InChI=1S/C42H86N4O2/c1-3-5-7-9-11-13-15-17-19-21-23-25-27-29-31-33-37-45-40(36-35-38-46-42(43)44)41(47)48-39-34-32-30-28-26-24-22-20-18-16-14-12-10-8-6-4-2/h40,45H,3-39H2,1-2H3,(H4,43,44,46)/t40-/m0/s1. The number of unbranched alkanes of at least 4 members (excludes halogenated alkanes) is 30. The number of hydrogen-bond acceptors (Lipinski definition) is 4. The first-order valence-electron chi connectivity index (χ1n) is 21.6. The normalized spacial score (nSPS) is 12.0. The van der Waals surface area contributed by atoms with E-state index in [-0.39, 0.29) is 18.0 Å². The van der Waals surface area contributed by atoms with Crippen LogP contribution in [-0.2, 0) is 9.53 Å². The smallest absolute Gasteiger partial charge is 0.323 e. The summed E-state index contributed by atoms with van der Waals surface area (Å²) in [6.07, 6.45) is 44.9. The second kappa shape index (κ2) is 40.1. The van der Waals surface area contributed by atoms with Crippen molar-refractivity contribution in [3.8, 4) is 0 Å². The Balaban J connectivity index is 3.80. The summed E-state index contributed by atoms with van der Waals surface area (Å²) in [6.45, 7) is 6.51. The van der Waals surface area contributed by atoms with Crippen molar-refractivity contribution in [3.05, 3.63) is 0 Å². The van der Waals surface area contributed by atoms with Gasteiger partial charge in [0.05, 0.1) is 6.61 Å². The van der Waals surface area contributed by atoms with Gasteiger partial charge in [0.2, 0.25) is 0 Å². The van der Waals surface area contributed by atoms with Crippen LogP contribution in [0.5, 0.6) is 0 Å². The quantitative estimate of drug-likeness (QED) is 0.0259. The maximum absolute atomic E-state index is 12.9. The van der Waals surface area contributed by atoms with Crippen LogP contribution in [0.3, 0.4) is 0 Å². The molecule has 0 rings (SSSR count). The van der Waals surface area contributed by atoms with Crippen LogP contribution >= 0.6 is 0 Å². The van der Waals surface area contributed by atoms with Gasteiger partial charge in [0.15, 0.2) is 5.96 Å². The third-order valence-electron chi connectivity index (χ3n) is 9.89. The van der Waals surface area contributed by atoms with E-state index in [1.54, 1.807) is 0 Å². The molecule has 0 aliphatic heterocycles. The molecule has 0 aromatic carbocycles. The molecule has 0 heterocycles. The molecule has 0 amide bonds.